The van der Waals surface area contributed by atoms with Gasteiger partial charge in [0.05, 0.1) is 23.7 Å². The number of hydrogen-bond donors (Lipinski definition) is 0. The van der Waals surface area contributed by atoms with Crippen LogP contribution in [0.25, 0.3) is 0 Å². The van der Waals surface area contributed by atoms with Gasteiger partial charge in [-0.05, 0) is 25.1 Å². The van der Waals surface area contributed by atoms with Crippen LogP contribution < -0.4 is 5.01 Å². The number of hydrogen-bond acceptors (Lipinski definition) is 3. The average molecular weight is 199 g/mol. The van der Waals surface area contributed by atoms with Crippen LogP contribution in [0.2, 0.25) is 0 Å². The minimum Gasteiger partial charge on any atom is -0.272 e. The van der Waals surface area contributed by atoms with Crippen molar-refractivity contribution < 1.29 is 4.79 Å². The Bertz CT molecular complexity index is 485. The lowest BCUT2D eigenvalue weighted by Crippen LogP contribution is -2.19. The van der Waals surface area contributed by atoms with E-state index in [1.807, 2.05) is 13.0 Å². The van der Waals surface area contributed by atoms with Gasteiger partial charge >= 0.3 is 0 Å². The van der Waals surface area contributed by atoms with E-state index in [9.17, 15) is 4.79 Å². The van der Waals surface area contributed by atoms with E-state index in [1.165, 1.54) is 5.01 Å². The van der Waals surface area contributed by atoms with Gasteiger partial charge in [-0.15, -0.1) is 0 Å². The summed E-state index contributed by atoms with van der Waals surface area (Å²) in [7, 11) is 0. The molecule has 0 bridgehead atoms. The van der Waals surface area contributed by atoms with Crippen LogP contribution in [0.4, 0.5) is 5.69 Å². The number of amides is 1. The van der Waals surface area contributed by atoms with E-state index in [0.29, 0.717) is 17.7 Å². The van der Waals surface area contributed by atoms with E-state index in [4.69, 9.17) is 5.26 Å². The van der Waals surface area contributed by atoms with Gasteiger partial charge in [0, 0.05) is 5.71 Å². The maximum atomic E-state index is 11.5. The number of carbonyl (C=O) groups excluding carboxylic acids is 1. The fourth-order valence-electron chi connectivity index (χ4n) is 1.46. The molecule has 4 heteroatoms. The minimum atomic E-state index is -0.0532. The summed E-state index contributed by atoms with van der Waals surface area (Å²) in [6.45, 7) is 1.81. The highest BCUT2D eigenvalue weighted by Crippen LogP contribution is 2.21. The third-order valence-electron chi connectivity index (χ3n) is 2.13. The molecule has 0 aliphatic carbocycles. The van der Waals surface area contributed by atoms with E-state index in [1.54, 1.807) is 24.3 Å². The van der Waals surface area contributed by atoms with Crippen LogP contribution in [0.3, 0.4) is 0 Å². The predicted octanol–water partition coefficient (Wildman–Crippen LogP) is 1.67. The van der Waals surface area contributed by atoms with Crippen LogP contribution in [0.5, 0.6) is 0 Å². The van der Waals surface area contributed by atoms with Crippen molar-refractivity contribution in [2.75, 3.05) is 5.01 Å². The zero-order valence-corrected chi connectivity index (χ0v) is 8.27. The highest BCUT2D eigenvalue weighted by molar-refractivity contribution is 6.12. The molecular weight excluding hydrogens is 190 g/mol. The van der Waals surface area contributed by atoms with Gasteiger partial charge in [-0.25, -0.2) is 5.01 Å². The van der Waals surface area contributed by atoms with Crippen LogP contribution in [0.15, 0.2) is 29.4 Å². The van der Waals surface area contributed by atoms with Crippen molar-refractivity contribution in [3.8, 4) is 6.07 Å². The van der Waals surface area contributed by atoms with Crippen molar-refractivity contribution in [1.82, 2.24) is 0 Å². The Morgan fingerprint density at radius 1 is 1.53 bits per heavy atom. The van der Waals surface area contributed by atoms with Crippen molar-refractivity contribution >= 4 is 17.3 Å². The highest BCUT2D eigenvalue weighted by atomic mass is 16.2. The van der Waals surface area contributed by atoms with Gasteiger partial charge in [-0.2, -0.15) is 10.4 Å². The molecule has 0 saturated heterocycles. The van der Waals surface area contributed by atoms with Crippen LogP contribution >= 0.6 is 0 Å². The molecular formula is C11H9N3O. The fraction of sp³-hybridized carbons (Fsp3) is 0.182. The summed E-state index contributed by atoms with van der Waals surface area (Å²) < 4.78 is 0. The SMILES string of the molecule is CC1=NN(c2cccc(C#N)c2)C(=O)C1. The molecule has 1 amide bonds. The Labute approximate surface area is 87.4 Å². The molecule has 0 atom stereocenters. The summed E-state index contributed by atoms with van der Waals surface area (Å²) in [5.41, 5.74) is 1.97. The lowest BCUT2D eigenvalue weighted by atomic mass is 10.2. The fourth-order valence-corrected chi connectivity index (χ4v) is 1.46. The lowest BCUT2D eigenvalue weighted by molar-refractivity contribution is -0.116. The maximum absolute atomic E-state index is 11.5. The quantitative estimate of drug-likeness (QED) is 0.690. The third kappa shape index (κ3) is 1.72. The number of hydrazone groups is 1. The smallest absolute Gasteiger partial charge is 0.253 e. The first-order valence-electron chi connectivity index (χ1n) is 4.58. The minimum absolute atomic E-state index is 0.0532. The summed E-state index contributed by atoms with van der Waals surface area (Å²) >= 11 is 0. The van der Waals surface area contributed by atoms with Gasteiger partial charge in [0.1, 0.15) is 0 Å². The second-order valence-corrected chi connectivity index (χ2v) is 3.38. The van der Waals surface area contributed by atoms with Gasteiger partial charge in [-0.3, -0.25) is 4.79 Å². The summed E-state index contributed by atoms with van der Waals surface area (Å²) in [5, 5.41) is 14.2. The summed E-state index contributed by atoms with van der Waals surface area (Å²) in [6, 6.07) is 8.88. The monoisotopic (exact) mass is 199 g/mol. The van der Waals surface area contributed by atoms with Crippen LogP contribution in [-0.2, 0) is 4.79 Å². The Balaban J connectivity index is 2.38. The molecule has 2 rings (SSSR count). The second kappa shape index (κ2) is 3.54. The molecule has 4 nitrogen and oxygen atoms in total. The van der Waals surface area contributed by atoms with E-state index in [-0.39, 0.29) is 5.91 Å². The number of anilines is 1. The molecule has 0 radical (unpaired) electrons. The molecule has 15 heavy (non-hydrogen) atoms. The molecule has 0 N–H and O–H groups in total. The molecule has 0 spiro atoms. The topological polar surface area (TPSA) is 56.5 Å². The van der Waals surface area contributed by atoms with Gasteiger partial charge in [0.25, 0.3) is 5.91 Å². The van der Waals surface area contributed by atoms with Crippen LogP contribution in [0, 0.1) is 11.3 Å². The van der Waals surface area contributed by atoms with Crippen molar-refractivity contribution in [2.24, 2.45) is 5.10 Å². The molecule has 0 unspecified atom stereocenters. The average Bonchev–Trinajstić information content (AvgIpc) is 2.58. The first-order valence-corrected chi connectivity index (χ1v) is 4.58. The third-order valence-corrected chi connectivity index (χ3v) is 2.13. The first kappa shape index (κ1) is 9.41. The Hall–Kier alpha value is -2.15. The van der Waals surface area contributed by atoms with Crippen LogP contribution in [-0.4, -0.2) is 11.6 Å². The zero-order chi connectivity index (χ0) is 10.8. The van der Waals surface area contributed by atoms with Gasteiger partial charge in [-0.1, -0.05) is 6.07 Å². The maximum Gasteiger partial charge on any atom is 0.253 e. The van der Waals surface area contributed by atoms with Crippen molar-refractivity contribution in [1.29, 1.82) is 5.26 Å². The zero-order valence-electron chi connectivity index (χ0n) is 8.27. The number of carbonyl (C=O) groups is 1. The largest absolute Gasteiger partial charge is 0.272 e. The molecule has 1 aromatic carbocycles. The Morgan fingerprint density at radius 3 is 2.93 bits per heavy atom. The predicted molar refractivity (Wildman–Crippen MR) is 56.4 cm³/mol. The standard InChI is InChI=1S/C11H9N3O/c1-8-5-11(15)14(13-8)10-4-2-3-9(6-10)7-12/h2-4,6H,5H2,1H3. The Kier molecular flexibility index (Phi) is 2.22. The van der Waals surface area contributed by atoms with Gasteiger partial charge < -0.3 is 0 Å². The second-order valence-electron chi connectivity index (χ2n) is 3.38. The van der Waals surface area contributed by atoms with Crippen molar-refractivity contribution in [3.63, 3.8) is 0 Å². The summed E-state index contributed by atoms with van der Waals surface area (Å²) in [6.07, 6.45) is 0.358. The molecule has 1 aliphatic rings. The van der Waals surface area contributed by atoms with E-state index >= 15 is 0 Å². The molecule has 0 saturated carbocycles. The van der Waals surface area contributed by atoms with Crippen molar-refractivity contribution in [2.45, 2.75) is 13.3 Å². The molecule has 0 aromatic heterocycles. The summed E-state index contributed by atoms with van der Waals surface area (Å²) in [4.78, 5) is 11.5. The molecule has 74 valence electrons. The molecule has 1 heterocycles. The van der Waals surface area contributed by atoms with Crippen LogP contribution in [0.1, 0.15) is 18.9 Å². The van der Waals surface area contributed by atoms with Crippen molar-refractivity contribution in [3.05, 3.63) is 29.8 Å². The van der Waals surface area contributed by atoms with E-state index in [2.05, 4.69) is 5.10 Å². The van der Waals surface area contributed by atoms with E-state index < -0.39 is 0 Å². The molecule has 0 fully saturated rings. The number of benzene rings is 1. The van der Waals surface area contributed by atoms with Gasteiger partial charge in [0.2, 0.25) is 0 Å². The van der Waals surface area contributed by atoms with E-state index in [0.717, 1.165) is 5.71 Å². The normalized spacial score (nSPS) is 15.1. The lowest BCUT2D eigenvalue weighted by Gasteiger charge is -2.11. The first-order chi connectivity index (χ1) is 7.20. The molecule has 1 aromatic rings. The summed E-state index contributed by atoms with van der Waals surface area (Å²) in [5.74, 6) is -0.0532. The number of nitrogens with zero attached hydrogens (tertiary/aromatic N) is 3. The van der Waals surface area contributed by atoms with Gasteiger partial charge in [0.15, 0.2) is 0 Å². The molecule has 1 aliphatic heterocycles. The highest BCUT2D eigenvalue weighted by Gasteiger charge is 2.22. The Morgan fingerprint density at radius 2 is 2.33 bits per heavy atom. The number of rotatable bonds is 1. The number of nitriles is 1.